The molecule has 1 heterocycles. The van der Waals surface area contributed by atoms with Gasteiger partial charge in [-0.15, -0.1) is 0 Å². The standard InChI is InChI=1S/C15H22N2O3/c1-19-13-6-3-5-12(11-13)14(15(18)20-2)17-9-4-7-16-8-10-17/h3,5-6,11,14,16H,4,7-10H2,1-2H3. The number of nitrogens with zero attached hydrogens (tertiary/aromatic N) is 1. The van der Waals surface area contributed by atoms with Gasteiger partial charge in [0.25, 0.3) is 0 Å². The summed E-state index contributed by atoms with van der Waals surface area (Å²) in [5, 5.41) is 3.34. The number of nitrogens with one attached hydrogen (secondary N) is 1. The van der Waals surface area contributed by atoms with Crippen molar-refractivity contribution in [1.29, 1.82) is 0 Å². The van der Waals surface area contributed by atoms with Gasteiger partial charge in [0.15, 0.2) is 0 Å². The molecule has 1 aromatic rings. The third-order valence-corrected chi connectivity index (χ3v) is 3.57. The van der Waals surface area contributed by atoms with Crippen LogP contribution in [0.25, 0.3) is 0 Å². The van der Waals surface area contributed by atoms with Gasteiger partial charge in [0, 0.05) is 19.6 Å². The van der Waals surface area contributed by atoms with Crippen molar-refractivity contribution in [2.45, 2.75) is 12.5 Å². The van der Waals surface area contributed by atoms with Crippen LogP contribution in [0.2, 0.25) is 0 Å². The number of carbonyl (C=O) groups excluding carboxylic acids is 1. The van der Waals surface area contributed by atoms with E-state index >= 15 is 0 Å². The van der Waals surface area contributed by atoms with Crippen LogP contribution < -0.4 is 10.1 Å². The maximum atomic E-state index is 12.2. The maximum Gasteiger partial charge on any atom is 0.327 e. The van der Waals surface area contributed by atoms with Crippen LogP contribution in [0.5, 0.6) is 5.75 Å². The van der Waals surface area contributed by atoms with Gasteiger partial charge in [0.05, 0.1) is 14.2 Å². The molecule has 1 N–H and O–H groups in total. The Hall–Kier alpha value is -1.59. The van der Waals surface area contributed by atoms with Crippen molar-refractivity contribution in [3.05, 3.63) is 29.8 Å². The minimum atomic E-state index is -0.366. The molecule has 0 bridgehead atoms. The molecular weight excluding hydrogens is 256 g/mol. The van der Waals surface area contributed by atoms with Crippen LogP contribution in [-0.4, -0.2) is 51.3 Å². The first-order valence-corrected chi connectivity index (χ1v) is 6.93. The largest absolute Gasteiger partial charge is 0.497 e. The van der Waals surface area contributed by atoms with Crippen molar-refractivity contribution in [2.24, 2.45) is 0 Å². The van der Waals surface area contributed by atoms with E-state index in [1.54, 1.807) is 7.11 Å². The first-order chi connectivity index (χ1) is 9.76. The highest BCUT2D eigenvalue weighted by atomic mass is 16.5. The number of ether oxygens (including phenoxy) is 2. The average molecular weight is 278 g/mol. The number of hydrogen-bond acceptors (Lipinski definition) is 5. The third-order valence-electron chi connectivity index (χ3n) is 3.57. The molecule has 1 fully saturated rings. The molecular formula is C15H22N2O3. The van der Waals surface area contributed by atoms with Crippen LogP contribution >= 0.6 is 0 Å². The third kappa shape index (κ3) is 3.49. The van der Waals surface area contributed by atoms with Crippen molar-refractivity contribution < 1.29 is 14.3 Å². The van der Waals surface area contributed by atoms with E-state index in [1.807, 2.05) is 24.3 Å². The molecule has 20 heavy (non-hydrogen) atoms. The van der Waals surface area contributed by atoms with Gasteiger partial charge in [-0.25, -0.2) is 4.79 Å². The van der Waals surface area contributed by atoms with E-state index in [0.717, 1.165) is 43.9 Å². The van der Waals surface area contributed by atoms with Crippen LogP contribution in [0.15, 0.2) is 24.3 Å². The summed E-state index contributed by atoms with van der Waals surface area (Å²) >= 11 is 0. The zero-order valence-electron chi connectivity index (χ0n) is 12.1. The Morgan fingerprint density at radius 1 is 1.30 bits per heavy atom. The Labute approximate surface area is 119 Å². The van der Waals surface area contributed by atoms with E-state index in [-0.39, 0.29) is 12.0 Å². The molecule has 1 aromatic carbocycles. The molecule has 1 atom stereocenters. The van der Waals surface area contributed by atoms with Crippen LogP contribution in [0, 0.1) is 0 Å². The lowest BCUT2D eigenvalue weighted by atomic mass is 10.0. The highest BCUT2D eigenvalue weighted by molar-refractivity contribution is 5.77. The van der Waals surface area contributed by atoms with Crippen molar-refractivity contribution in [1.82, 2.24) is 10.2 Å². The second-order valence-electron chi connectivity index (χ2n) is 4.84. The van der Waals surface area contributed by atoms with Crippen molar-refractivity contribution in [3.63, 3.8) is 0 Å². The van der Waals surface area contributed by atoms with Gasteiger partial charge in [-0.05, 0) is 30.7 Å². The molecule has 2 rings (SSSR count). The Balaban J connectivity index is 2.27. The molecule has 110 valence electrons. The van der Waals surface area contributed by atoms with E-state index in [4.69, 9.17) is 9.47 Å². The quantitative estimate of drug-likeness (QED) is 0.839. The number of hydrogen-bond donors (Lipinski definition) is 1. The zero-order chi connectivity index (χ0) is 14.4. The Morgan fingerprint density at radius 2 is 2.15 bits per heavy atom. The number of esters is 1. The highest BCUT2D eigenvalue weighted by Crippen LogP contribution is 2.26. The van der Waals surface area contributed by atoms with Gasteiger partial charge >= 0.3 is 5.97 Å². The minimum absolute atomic E-state index is 0.222. The molecule has 0 amide bonds. The molecule has 5 nitrogen and oxygen atoms in total. The van der Waals surface area contributed by atoms with Crippen LogP contribution in [0.1, 0.15) is 18.0 Å². The topological polar surface area (TPSA) is 50.8 Å². The predicted molar refractivity (Wildman–Crippen MR) is 76.8 cm³/mol. The summed E-state index contributed by atoms with van der Waals surface area (Å²) in [6.45, 7) is 3.58. The normalized spacial score (nSPS) is 18.1. The summed E-state index contributed by atoms with van der Waals surface area (Å²) in [4.78, 5) is 14.4. The predicted octanol–water partition coefficient (Wildman–Crippen LogP) is 1.20. The number of rotatable bonds is 4. The fourth-order valence-electron chi connectivity index (χ4n) is 2.54. The molecule has 0 spiro atoms. The van der Waals surface area contributed by atoms with Gasteiger partial charge in [0.2, 0.25) is 0 Å². The molecule has 5 heteroatoms. The highest BCUT2D eigenvalue weighted by Gasteiger charge is 2.29. The van der Waals surface area contributed by atoms with Gasteiger partial charge in [-0.1, -0.05) is 12.1 Å². The minimum Gasteiger partial charge on any atom is -0.497 e. The number of methoxy groups -OCH3 is 2. The molecule has 0 radical (unpaired) electrons. The van der Waals surface area contributed by atoms with E-state index < -0.39 is 0 Å². The Bertz CT molecular complexity index is 442. The smallest absolute Gasteiger partial charge is 0.327 e. The van der Waals surface area contributed by atoms with Gasteiger partial charge in [0.1, 0.15) is 11.8 Å². The summed E-state index contributed by atoms with van der Waals surface area (Å²) in [6.07, 6.45) is 1.03. The van der Waals surface area contributed by atoms with E-state index in [2.05, 4.69) is 10.2 Å². The molecule has 0 saturated carbocycles. The maximum absolute atomic E-state index is 12.2. The fraction of sp³-hybridized carbons (Fsp3) is 0.533. The summed E-state index contributed by atoms with van der Waals surface area (Å²) < 4.78 is 10.2. The van der Waals surface area contributed by atoms with Gasteiger partial charge in [-0.2, -0.15) is 0 Å². The van der Waals surface area contributed by atoms with Crippen LogP contribution in [0.4, 0.5) is 0 Å². The van der Waals surface area contributed by atoms with E-state index in [0.29, 0.717) is 0 Å². The monoisotopic (exact) mass is 278 g/mol. The average Bonchev–Trinajstić information content (AvgIpc) is 2.76. The molecule has 0 aromatic heterocycles. The van der Waals surface area contributed by atoms with Crippen molar-refractivity contribution >= 4 is 5.97 Å². The molecule has 0 aliphatic carbocycles. The van der Waals surface area contributed by atoms with E-state index in [9.17, 15) is 4.79 Å². The van der Waals surface area contributed by atoms with Gasteiger partial charge in [-0.3, -0.25) is 4.90 Å². The molecule has 1 saturated heterocycles. The summed E-state index contributed by atoms with van der Waals surface area (Å²) in [7, 11) is 3.06. The first kappa shape index (κ1) is 14.8. The first-order valence-electron chi connectivity index (χ1n) is 6.93. The van der Waals surface area contributed by atoms with Crippen LogP contribution in [-0.2, 0) is 9.53 Å². The summed E-state index contributed by atoms with van der Waals surface area (Å²) in [5.41, 5.74) is 0.915. The van der Waals surface area contributed by atoms with Crippen LogP contribution in [0.3, 0.4) is 0 Å². The lowest BCUT2D eigenvalue weighted by molar-refractivity contribution is -0.147. The second-order valence-corrected chi connectivity index (χ2v) is 4.84. The molecule has 1 aliphatic rings. The SMILES string of the molecule is COC(=O)C(c1cccc(OC)c1)N1CCCNCC1. The lowest BCUT2D eigenvalue weighted by Gasteiger charge is -2.28. The van der Waals surface area contributed by atoms with E-state index in [1.165, 1.54) is 7.11 Å². The zero-order valence-corrected chi connectivity index (χ0v) is 12.1. The Kier molecular flexibility index (Phi) is 5.38. The van der Waals surface area contributed by atoms with Crippen molar-refractivity contribution in [2.75, 3.05) is 40.4 Å². The molecule has 1 aliphatic heterocycles. The van der Waals surface area contributed by atoms with Crippen molar-refractivity contribution in [3.8, 4) is 5.75 Å². The Morgan fingerprint density at radius 3 is 2.90 bits per heavy atom. The number of carbonyl (C=O) groups is 1. The lowest BCUT2D eigenvalue weighted by Crippen LogP contribution is -2.37. The van der Waals surface area contributed by atoms with Gasteiger partial charge < -0.3 is 14.8 Å². The summed E-state index contributed by atoms with van der Waals surface area (Å²) in [5.74, 6) is 0.532. The summed E-state index contributed by atoms with van der Waals surface area (Å²) in [6, 6.07) is 7.26. The number of benzene rings is 1. The fourth-order valence-corrected chi connectivity index (χ4v) is 2.54. The molecule has 1 unspecified atom stereocenters. The second kappa shape index (κ2) is 7.26.